The summed E-state index contributed by atoms with van der Waals surface area (Å²) in [5.41, 5.74) is -2.17. The van der Waals surface area contributed by atoms with Gasteiger partial charge in [0.05, 0.1) is 45.0 Å². The summed E-state index contributed by atoms with van der Waals surface area (Å²) in [6, 6.07) is 12.1. The van der Waals surface area contributed by atoms with Crippen molar-refractivity contribution in [1.82, 2.24) is 0 Å². The monoisotopic (exact) mass is 596 g/mol. The first-order chi connectivity index (χ1) is 17.2. The second kappa shape index (κ2) is 11.4. The van der Waals surface area contributed by atoms with Crippen LogP contribution in [0.15, 0.2) is 53.0 Å². The Morgan fingerprint density at radius 1 is 0.778 bits per heavy atom. The molecule has 8 nitrogen and oxygen atoms in total. The molecule has 190 valence electrons. The molecule has 3 rings (SSSR count). The van der Waals surface area contributed by atoms with Crippen molar-refractivity contribution in [3.05, 3.63) is 69.2 Å². The van der Waals surface area contributed by atoms with E-state index in [1.165, 1.54) is 65.9 Å². The van der Waals surface area contributed by atoms with E-state index in [0.29, 0.717) is 5.75 Å². The summed E-state index contributed by atoms with van der Waals surface area (Å²) in [7, 11) is 1.87. The maximum absolute atomic E-state index is 15.1. The van der Waals surface area contributed by atoms with Crippen LogP contribution in [0.3, 0.4) is 0 Å². The van der Waals surface area contributed by atoms with E-state index in [4.69, 9.17) is 35.3 Å². The number of carbonyl (C=O) groups excluding carboxylic acids is 2. The molecule has 0 amide bonds. The van der Waals surface area contributed by atoms with E-state index in [9.17, 15) is 9.59 Å². The lowest BCUT2D eigenvalue weighted by molar-refractivity contribution is 0.103. The Balaban J connectivity index is 2.50. The lowest BCUT2D eigenvalue weighted by atomic mass is 10.2. The lowest BCUT2D eigenvalue weighted by Gasteiger charge is -2.24. The zero-order valence-corrected chi connectivity index (χ0v) is 23.3. The highest BCUT2D eigenvalue weighted by Gasteiger charge is 2.50. The molecule has 0 spiro atoms. The molecule has 0 N–H and O–H groups in total. The maximum atomic E-state index is 15.1. The minimum Gasteiger partial charge on any atom is -0.496 e. The molecule has 0 saturated carbocycles. The summed E-state index contributed by atoms with van der Waals surface area (Å²) >= 11 is 9.73. The molecule has 0 radical (unpaired) electrons. The Hall–Kier alpha value is -3.00. The zero-order chi connectivity index (χ0) is 26.6. The predicted molar refractivity (Wildman–Crippen MR) is 141 cm³/mol. The number of ether oxygens (including phenoxy) is 5. The van der Waals surface area contributed by atoms with E-state index in [1.54, 1.807) is 18.2 Å². The summed E-state index contributed by atoms with van der Waals surface area (Å²) in [5.74, 6) is 0.144. The first-order valence-electron chi connectivity index (χ1n) is 10.3. The number of hydrogen-bond donors (Lipinski definition) is 0. The van der Waals surface area contributed by atoms with Crippen LogP contribution in [0.5, 0.6) is 28.7 Å². The number of carbonyl (C=O) groups is 2. The van der Waals surface area contributed by atoms with Gasteiger partial charge in [-0.15, -0.1) is 0 Å². The molecular formula is C25H23BrClO8P. The molecule has 1 atom stereocenters. The molecule has 0 aliphatic carbocycles. The van der Waals surface area contributed by atoms with Crippen molar-refractivity contribution in [3.8, 4) is 28.7 Å². The Bertz CT molecular complexity index is 1310. The number of benzene rings is 3. The maximum Gasteiger partial charge on any atom is 0.256 e. The van der Waals surface area contributed by atoms with Gasteiger partial charge < -0.3 is 28.2 Å². The number of halogens is 2. The number of rotatable bonds is 10. The van der Waals surface area contributed by atoms with Crippen LogP contribution in [0.2, 0.25) is 5.02 Å². The predicted octanol–water partition coefficient (Wildman–Crippen LogP) is 5.81. The van der Waals surface area contributed by atoms with Gasteiger partial charge in [0.2, 0.25) is 11.0 Å². The molecule has 3 aromatic carbocycles. The molecule has 1 unspecified atom stereocenters. The van der Waals surface area contributed by atoms with E-state index in [-0.39, 0.29) is 48.9 Å². The van der Waals surface area contributed by atoms with Crippen molar-refractivity contribution in [3.63, 3.8) is 0 Å². The number of methoxy groups -OCH3 is 5. The van der Waals surface area contributed by atoms with E-state index < -0.39 is 18.2 Å². The Morgan fingerprint density at radius 3 is 1.81 bits per heavy atom. The van der Waals surface area contributed by atoms with E-state index in [2.05, 4.69) is 15.9 Å². The van der Waals surface area contributed by atoms with Gasteiger partial charge in [-0.25, -0.2) is 0 Å². The third kappa shape index (κ3) is 4.71. The van der Waals surface area contributed by atoms with Gasteiger partial charge in [0.25, 0.3) is 7.14 Å². The van der Waals surface area contributed by atoms with Crippen LogP contribution < -0.4 is 29.0 Å². The first-order valence-corrected chi connectivity index (χ1v) is 13.2. The third-order valence-corrected chi connectivity index (χ3v) is 8.89. The Morgan fingerprint density at radius 2 is 1.33 bits per heavy atom. The molecular weight excluding hydrogens is 575 g/mol. The minimum atomic E-state index is -4.81. The lowest BCUT2D eigenvalue weighted by Crippen LogP contribution is -2.25. The molecule has 3 aromatic rings. The Labute approximate surface area is 221 Å². The third-order valence-electron chi connectivity index (χ3n) is 5.36. The fourth-order valence-electron chi connectivity index (χ4n) is 3.68. The quantitative estimate of drug-likeness (QED) is 0.270. The van der Waals surface area contributed by atoms with Crippen molar-refractivity contribution in [2.75, 3.05) is 35.5 Å². The van der Waals surface area contributed by atoms with Crippen LogP contribution in [0, 0.1) is 0 Å². The van der Waals surface area contributed by atoms with Crippen LogP contribution in [0.4, 0.5) is 0 Å². The molecule has 0 fully saturated rings. The molecule has 0 aromatic heterocycles. The highest BCUT2D eigenvalue weighted by atomic mass is 79.9. The van der Waals surface area contributed by atoms with Gasteiger partial charge in [-0.3, -0.25) is 9.59 Å². The Kier molecular flexibility index (Phi) is 8.71. The molecule has 0 heterocycles. The van der Waals surface area contributed by atoms with Gasteiger partial charge in [0.15, 0.2) is 5.75 Å². The highest BCUT2D eigenvalue weighted by Crippen LogP contribution is 2.59. The summed E-state index contributed by atoms with van der Waals surface area (Å²) in [4.78, 5) is 28.3. The van der Waals surface area contributed by atoms with Crippen molar-refractivity contribution in [2.45, 2.75) is 0 Å². The second-order valence-electron chi connectivity index (χ2n) is 7.25. The SMILES string of the molecule is COc1cc(OC)c(C(=O)P(=O)(C(=O)c2ccccc2)c2c(OC)c(Cl)cc(Br)c2OC)c(OC)c1. The van der Waals surface area contributed by atoms with Crippen LogP contribution >= 0.6 is 34.7 Å². The smallest absolute Gasteiger partial charge is 0.256 e. The van der Waals surface area contributed by atoms with Crippen LogP contribution in [-0.4, -0.2) is 46.6 Å². The molecule has 0 aliphatic rings. The second-order valence-corrected chi connectivity index (χ2v) is 11.0. The molecule has 36 heavy (non-hydrogen) atoms. The van der Waals surface area contributed by atoms with E-state index >= 15 is 4.57 Å². The van der Waals surface area contributed by atoms with Crippen molar-refractivity contribution in [1.29, 1.82) is 0 Å². The topological polar surface area (TPSA) is 97.4 Å². The summed E-state index contributed by atoms with van der Waals surface area (Å²) in [6.07, 6.45) is 0. The first kappa shape index (κ1) is 27.6. The van der Waals surface area contributed by atoms with Gasteiger partial charge in [-0.2, -0.15) is 0 Å². The van der Waals surface area contributed by atoms with Crippen molar-refractivity contribution in [2.24, 2.45) is 0 Å². The normalized spacial score (nSPS) is 12.3. The van der Waals surface area contributed by atoms with Gasteiger partial charge in [0.1, 0.15) is 33.9 Å². The fraction of sp³-hybridized carbons (Fsp3) is 0.200. The van der Waals surface area contributed by atoms with Crippen LogP contribution in [0.1, 0.15) is 20.7 Å². The molecule has 0 saturated heterocycles. The molecule has 11 heteroatoms. The summed E-state index contributed by atoms with van der Waals surface area (Å²) < 4.78 is 42.4. The van der Waals surface area contributed by atoms with Crippen molar-refractivity contribution >= 4 is 51.0 Å². The fourth-order valence-corrected chi connectivity index (χ4v) is 7.53. The van der Waals surface area contributed by atoms with Gasteiger partial charge in [0, 0.05) is 17.7 Å². The minimum absolute atomic E-state index is 0.00341. The van der Waals surface area contributed by atoms with E-state index in [1.807, 2.05) is 0 Å². The largest absolute Gasteiger partial charge is 0.496 e. The number of hydrogen-bond acceptors (Lipinski definition) is 8. The molecule has 0 bridgehead atoms. The highest BCUT2D eigenvalue weighted by molar-refractivity contribution is 9.10. The van der Waals surface area contributed by atoms with Crippen LogP contribution in [0.25, 0.3) is 0 Å². The summed E-state index contributed by atoms with van der Waals surface area (Å²) in [5, 5.41) is -0.270. The molecule has 0 aliphatic heterocycles. The zero-order valence-electron chi connectivity index (χ0n) is 20.1. The average molecular weight is 598 g/mol. The standard InChI is InChI=1S/C25H23BrClO8P/c1-31-15-11-18(32-2)20(19(12-15)33-3)25(29)36(30,24(28)14-9-7-6-8-10-14)23-21(34-4)16(26)13-17(27)22(23)35-5/h6-13H,1-5H3. The van der Waals surface area contributed by atoms with Gasteiger partial charge in [-0.05, 0) is 22.0 Å². The average Bonchev–Trinajstić information content (AvgIpc) is 2.90. The van der Waals surface area contributed by atoms with Crippen molar-refractivity contribution < 1.29 is 37.8 Å². The van der Waals surface area contributed by atoms with Crippen LogP contribution in [-0.2, 0) is 4.57 Å². The van der Waals surface area contributed by atoms with E-state index in [0.717, 1.165) is 0 Å². The van der Waals surface area contributed by atoms with Gasteiger partial charge >= 0.3 is 0 Å². The summed E-state index contributed by atoms with van der Waals surface area (Å²) in [6.45, 7) is 0. The van der Waals surface area contributed by atoms with Gasteiger partial charge in [-0.1, -0.05) is 41.9 Å².